The Hall–Kier alpha value is -0.490. The van der Waals surface area contributed by atoms with Gasteiger partial charge in [0, 0.05) is 6.54 Å². The van der Waals surface area contributed by atoms with Crippen LogP contribution in [0, 0.1) is 0 Å². The van der Waals surface area contributed by atoms with Crippen molar-refractivity contribution in [1.29, 1.82) is 0 Å². The molecule has 208 valence electrons. The maximum Gasteiger partial charge on any atom is 0.352 e. The van der Waals surface area contributed by atoms with Crippen molar-refractivity contribution in [2.75, 3.05) is 39.1 Å². The van der Waals surface area contributed by atoms with Crippen LogP contribution in [0.15, 0.2) is 12.7 Å². The third-order valence-corrected chi connectivity index (χ3v) is 10.2. The number of carbonyl (C=O) groups is 1. The minimum absolute atomic E-state index is 0.241. The van der Waals surface area contributed by atoms with E-state index >= 15 is 0 Å². The predicted molar refractivity (Wildman–Crippen MR) is 144 cm³/mol. The first-order chi connectivity index (χ1) is 16.8. The van der Waals surface area contributed by atoms with Gasteiger partial charge in [-0.2, -0.15) is 0 Å². The fourth-order valence-corrected chi connectivity index (χ4v) is 8.01. The molecule has 0 aliphatic rings. The third-order valence-electron chi connectivity index (χ3n) is 5.56. The Morgan fingerprint density at radius 3 is 1.66 bits per heavy atom. The van der Waals surface area contributed by atoms with Crippen molar-refractivity contribution in [1.82, 2.24) is 4.90 Å². The van der Waals surface area contributed by atoms with Crippen molar-refractivity contribution in [3.05, 3.63) is 12.7 Å². The number of unbranched alkanes of at least 4 members (excludes halogenated alkanes) is 7. The molecular weight excluding hydrogens is 488 g/mol. The van der Waals surface area contributed by atoms with Crippen LogP contribution in [-0.2, 0) is 32.0 Å². The van der Waals surface area contributed by atoms with Gasteiger partial charge in [0.1, 0.15) is 5.78 Å². The van der Waals surface area contributed by atoms with Crippen LogP contribution in [-0.4, -0.2) is 55.7 Å². The smallest absolute Gasteiger partial charge is 0.324 e. The first-order valence-corrected chi connectivity index (χ1v) is 16.8. The maximum atomic E-state index is 13.6. The molecule has 0 radical (unpaired) electrons. The molecule has 0 aliphatic heterocycles. The first kappa shape index (κ1) is 34.5. The van der Waals surface area contributed by atoms with Gasteiger partial charge in [-0.3, -0.25) is 13.9 Å². The minimum atomic E-state index is -3.47. The summed E-state index contributed by atoms with van der Waals surface area (Å²) in [6.45, 7) is 14.7. The first-order valence-electron chi connectivity index (χ1n) is 13.5. The Morgan fingerprint density at radius 2 is 1.23 bits per heavy atom. The molecule has 1 unspecified atom stereocenters. The van der Waals surface area contributed by atoms with Gasteiger partial charge in [-0.15, -0.1) is 0 Å². The summed E-state index contributed by atoms with van der Waals surface area (Å²) in [5, 5.41) is 0. The van der Waals surface area contributed by atoms with Crippen LogP contribution in [0.3, 0.4) is 0 Å². The Morgan fingerprint density at radius 1 is 0.771 bits per heavy atom. The summed E-state index contributed by atoms with van der Waals surface area (Å²) in [5.74, 6) is -0.839. The Kier molecular flexibility index (Phi) is 20.3. The molecule has 0 aromatic rings. The average Bonchev–Trinajstić information content (AvgIpc) is 2.81. The normalized spacial score (nSPS) is 13.1. The summed E-state index contributed by atoms with van der Waals surface area (Å²) >= 11 is 0. The lowest BCUT2D eigenvalue weighted by Gasteiger charge is -2.35. The Labute approximate surface area is 214 Å². The molecule has 0 fully saturated rings. The van der Waals surface area contributed by atoms with Gasteiger partial charge in [0.15, 0.2) is 0 Å². The second kappa shape index (κ2) is 20.6. The van der Waals surface area contributed by atoms with Crippen LogP contribution >= 0.6 is 15.2 Å². The van der Waals surface area contributed by atoms with Gasteiger partial charge >= 0.3 is 15.2 Å². The molecule has 35 heavy (non-hydrogen) atoms. The summed E-state index contributed by atoms with van der Waals surface area (Å²) in [4.78, 5) is 14.1. The second-order valence-corrected chi connectivity index (χ2v) is 12.8. The number of carbonyl (C=O) groups excluding carboxylic acids is 1. The molecule has 0 spiro atoms. The Bertz CT molecular complexity index is 640. The maximum absolute atomic E-state index is 13.6. The van der Waals surface area contributed by atoms with Crippen LogP contribution < -0.4 is 0 Å². The van der Waals surface area contributed by atoms with Crippen molar-refractivity contribution in [3.63, 3.8) is 0 Å². The SMILES string of the molecule is C=CC(=O)N(CCC)C(CCCCCCCCCCP(=O)(OCC)OCC)P(=O)(OCC)OCC. The van der Waals surface area contributed by atoms with Gasteiger partial charge < -0.3 is 23.0 Å². The standard InChI is InChI=1S/C25H51NO7P2/c1-7-22-26(24(27)8-2)25(35(29,32-11-5)33-12-6)21-19-17-15-13-14-16-18-20-23-34(28,30-9-3)31-10-4/h8,25H,2,7,9-23H2,1,3-6H3. The quantitative estimate of drug-likeness (QED) is 0.0702. The predicted octanol–water partition coefficient (Wildman–Crippen LogP) is 7.78. The van der Waals surface area contributed by atoms with E-state index in [1.54, 1.807) is 18.7 Å². The summed E-state index contributed by atoms with van der Waals surface area (Å²) in [7, 11) is -6.39. The minimum Gasteiger partial charge on any atom is -0.324 e. The van der Waals surface area contributed by atoms with Crippen LogP contribution in [0.4, 0.5) is 0 Å². The van der Waals surface area contributed by atoms with Gasteiger partial charge in [-0.05, 0) is 53.0 Å². The van der Waals surface area contributed by atoms with Crippen molar-refractivity contribution in [2.45, 2.75) is 105 Å². The molecule has 1 amide bonds. The zero-order chi connectivity index (χ0) is 26.6. The van der Waals surface area contributed by atoms with Crippen molar-refractivity contribution < 1.29 is 32.0 Å². The molecule has 1 atom stereocenters. The highest BCUT2D eigenvalue weighted by Crippen LogP contribution is 2.56. The fraction of sp³-hybridized carbons (Fsp3) is 0.880. The van der Waals surface area contributed by atoms with Crippen molar-refractivity contribution in [2.24, 2.45) is 0 Å². The van der Waals surface area contributed by atoms with Crippen LogP contribution in [0.5, 0.6) is 0 Å². The van der Waals surface area contributed by atoms with E-state index in [0.29, 0.717) is 32.3 Å². The molecule has 0 rings (SSSR count). The van der Waals surface area contributed by atoms with E-state index in [9.17, 15) is 13.9 Å². The molecule has 0 saturated carbocycles. The molecule has 0 aromatic carbocycles. The topological polar surface area (TPSA) is 91.4 Å². The van der Waals surface area contributed by atoms with E-state index < -0.39 is 21.0 Å². The van der Waals surface area contributed by atoms with E-state index in [-0.39, 0.29) is 19.1 Å². The zero-order valence-corrected chi connectivity index (χ0v) is 24.7. The molecule has 0 heterocycles. The monoisotopic (exact) mass is 539 g/mol. The highest BCUT2D eigenvalue weighted by Gasteiger charge is 2.40. The number of hydrogen-bond donors (Lipinski definition) is 0. The molecule has 0 aromatic heterocycles. The van der Waals surface area contributed by atoms with Gasteiger partial charge in [-0.25, -0.2) is 0 Å². The van der Waals surface area contributed by atoms with Crippen molar-refractivity contribution >= 4 is 21.1 Å². The summed E-state index contributed by atoms with van der Waals surface area (Å²) in [6.07, 6.45) is 11.1. The average molecular weight is 540 g/mol. The molecule has 0 bridgehead atoms. The molecule has 8 nitrogen and oxygen atoms in total. The van der Waals surface area contributed by atoms with E-state index in [4.69, 9.17) is 18.1 Å². The van der Waals surface area contributed by atoms with Gasteiger partial charge in [0.25, 0.3) is 0 Å². The Balaban J connectivity index is 4.59. The van der Waals surface area contributed by atoms with E-state index in [1.165, 1.54) is 6.08 Å². The lowest BCUT2D eigenvalue weighted by atomic mass is 10.1. The zero-order valence-electron chi connectivity index (χ0n) is 22.9. The largest absolute Gasteiger partial charge is 0.352 e. The number of nitrogens with zero attached hydrogens (tertiary/aromatic N) is 1. The van der Waals surface area contributed by atoms with E-state index in [0.717, 1.165) is 57.8 Å². The highest BCUT2D eigenvalue weighted by molar-refractivity contribution is 7.54. The molecule has 0 N–H and O–H groups in total. The highest BCUT2D eigenvalue weighted by atomic mass is 31.2. The molecule has 10 heteroatoms. The summed E-state index contributed by atoms with van der Waals surface area (Å²) < 4.78 is 47.9. The molecule has 0 aliphatic carbocycles. The van der Waals surface area contributed by atoms with Crippen molar-refractivity contribution in [3.8, 4) is 0 Å². The van der Waals surface area contributed by atoms with Gasteiger partial charge in [-0.1, -0.05) is 58.4 Å². The van der Waals surface area contributed by atoms with Gasteiger partial charge in [0.2, 0.25) is 5.91 Å². The molecular formula is C25H51NO7P2. The van der Waals surface area contributed by atoms with E-state index in [2.05, 4.69) is 6.58 Å². The van der Waals surface area contributed by atoms with Crippen LogP contribution in [0.2, 0.25) is 0 Å². The van der Waals surface area contributed by atoms with Gasteiger partial charge in [0.05, 0.1) is 32.6 Å². The summed E-state index contributed by atoms with van der Waals surface area (Å²) in [6, 6.07) is 0. The lowest BCUT2D eigenvalue weighted by molar-refractivity contribution is -0.127. The fourth-order valence-electron chi connectivity index (χ4n) is 4.07. The number of amides is 1. The number of rotatable bonds is 24. The third kappa shape index (κ3) is 14.1. The lowest BCUT2D eigenvalue weighted by Crippen LogP contribution is -2.40. The summed E-state index contributed by atoms with van der Waals surface area (Å²) in [5.41, 5.74) is 0. The van der Waals surface area contributed by atoms with Crippen LogP contribution in [0.1, 0.15) is 98.8 Å². The second-order valence-electron chi connectivity index (χ2n) is 8.38. The van der Waals surface area contributed by atoms with E-state index in [1.807, 2.05) is 20.8 Å². The molecule has 0 saturated heterocycles. The van der Waals surface area contributed by atoms with Crippen LogP contribution in [0.25, 0.3) is 0 Å². The number of hydrogen-bond acceptors (Lipinski definition) is 7.